The maximum absolute atomic E-state index is 15.2. The number of ether oxygens (including phenoxy) is 1. The lowest BCUT2D eigenvalue weighted by atomic mass is 9.90. The van der Waals surface area contributed by atoms with Crippen molar-refractivity contribution in [1.82, 2.24) is 55.6 Å². The molecule has 0 saturated carbocycles. The van der Waals surface area contributed by atoms with Crippen LogP contribution in [-0.2, 0) is 43.1 Å². The van der Waals surface area contributed by atoms with E-state index in [0.717, 1.165) is 19.6 Å². The molecule has 13 atom stereocenters. The first kappa shape index (κ1) is 78.9. The predicted molar refractivity (Wildman–Crippen MR) is 329 cm³/mol. The highest BCUT2D eigenvalue weighted by atomic mass is 19.4. The number of esters is 1. The topological polar surface area (TPSA) is 274 Å². The number of amides is 8. The largest absolute Gasteiger partial charge is 0.417 e. The lowest BCUT2D eigenvalue weighted by molar-refractivity contribution is -0.186. The van der Waals surface area contributed by atoms with Gasteiger partial charge in [0.25, 0.3) is 0 Å². The Morgan fingerprint density at radius 2 is 1.09 bits per heavy atom. The van der Waals surface area contributed by atoms with Gasteiger partial charge in [0.1, 0.15) is 42.3 Å². The lowest BCUT2D eigenvalue weighted by Crippen LogP contribution is -2.64. The molecule has 0 aromatic heterocycles. The van der Waals surface area contributed by atoms with Gasteiger partial charge < -0.3 is 55.4 Å². The van der Waals surface area contributed by atoms with Gasteiger partial charge in [-0.05, 0) is 127 Å². The number of likely N-dealkylation sites (tertiary alicyclic amines) is 1. The first-order valence-corrected chi connectivity index (χ1v) is 31.6. The maximum atomic E-state index is 15.2. The van der Waals surface area contributed by atoms with E-state index in [4.69, 9.17) is 4.74 Å². The molecule has 0 aromatic carbocycles. The molecule has 0 aromatic rings. The van der Waals surface area contributed by atoms with Crippen molar-refractivity contribution >= 4 is 53.4 Å². The van der Waals surface area contributed by atoms with Crippen LogP contribution in [0, 0.1) is 47.3 Å². The van der Waals surface area contributed by atoms with Crippen LogP contribution in [0.4, 0.5) is 18.0 Å². The molecule has 0 spiro atoms. The van der Waals surface area contributed by atoms with Gasteiger partial charge in [-0.2, -0.15) is 13.2 Å². The Kier molecular flexibility index (Phi) is 31.8. The zero-order valence-corrected chi connectivity index (χ0v) is 56.7. The number of cyclic esters (lactones) is 2. The van der Waals surface area contributed by atoms with Crippen molar-refractivity contribution in [1.29, 1.82) is 0 Å². The zero-order chi connectivity index (χ0) is 67.7. The number of hydrogen-bond donors (Lipinski definition) is 6. The highest BCUT2D eigenvalue weighted by Crippen LogP contribution is 2.34. The van der Waals surface area contributed by atoms with Gasteiger partial charge in [-0.1, -0.05) is 90.0 Å². The average Bonchev–Trinajstić information content (AvgIpc) is 2.64. The maximum Gasteiger partial charge on any atom is 0.417 e. The second-order valence-electron chi connectivity index (χ2n) is 27.5. The van der Waals surface area contributed by atoms with Crippen LogP contribution in [0.5, 0.6) is 0 Å². The predicted octanol–water partition coefficient (Wildman–Crippen LogP) is 4.48. The van der Waals surface area contributed by atoms with Gasteiger partial charge in [0.2, 0.25) is 41.4 Å². The Bertz CT molecular complexity index is 2310. The van der Waals surface area contributed by atoms with Gasteiger partial charge in [-0.3, -0.25) is 48.7 Å². The minimum absolute atomic E-state index is 0.0219. The number of carbonyl (C=O) groups is 9. The van der Waals surface area contributed by atoms with Crippen LogP contribution in [0.2, 0.25) is 0 Å². The summed E-state index contributed by atoms with van der Waals surface area (Å²) in [5.41, 5.74) is 0. The number of rotatable bonds is 17. The van der Waals surface area contributed by atoms with E-state index in [1.807, 2.05) is 74.1 Å². The SMILES string of the molecule is CC(C)C[C@@H]1C(=O)N[C@H](CC(C)C)C(=O)N(C)C(C(C)C)C(=O)N(C)C([C@H](O)[C@H](C)CCN2CCCC(C(F)(F)F)C2)C(=O)NC([C@@H](C)O)C(=O)N(C)CC(=O)N(C)[C@@H](CC(C)C)C(=O)N[C@H](CC(C)C)N(C)[C@H](CC(C)C)N[C@H](C)C(=O)OC(=O)N1C. The number of nitrogens with zero attached hydrogens (tertiary/aromatic N) is 7. The summed E-state index contributed by atoms with van der Waals surface area (Å²) in [5, 5.41) is 35.4. The Balaban J connectivity index is 2.97. The van der Waals surface area contributed by atoms with Crippen molar-refractivity contribution in [2.45, 2.75) is 228 Å². The van der Waals surface area contributed by atoms with Gasteiger partial charge in [-0.25, -0.2) is 9.59 Å². The van der Waals surface area contributed by atoms with Crippen LogP contribution in [0.15, 0.2) is 0 Å². The number of piperidine rings is 1. The molecule has 0 radical (unpaired) electrons. The number of nitrogens with one attached hydrogen (secondary N) is 4. The van der Waals surface area contributed by atoms with Crippen molar-refractivity contribution in [2.75, 3.05) is 68.5 Å². The minimum atomic E-state index is -4.42. The second kappa shape index (κ2) is 35.4. The summed E-state index contributed by atoms with van der Waals surface area (Å²) < 4.78 is 47.1. The molecule has 23 nitrogen and oxygen atoms in total. The molecule has 88 heavy (non-hydrogen) atoms. The van der Waals surface area contributed by atoms with Crippen molar-refractivity contribution in [2.24, 2.45) is 47.3 Å². The third-order valence-electron chi connectivity index (χ3n) is 16.9. The molecule has 4 unspecified atom stereocenters. The van der Waals surface area contributed by atoms with Crippen LogP contribution < -0.4 is 21.3 Å². The second-order valence-corrected chi connectivity index (χ2v) is 27.5. The first-order chi connectivity index (χ1) is 40.5. The smallest absolute Gasteiger partial charge is 0.391 e. The quantitative estimate of drug-likeness (QED) is 0.0866. The summed E-state index contributed by atoms with van der Waals surface area (Å²) in [4.78, 5) is 140. The van der Waals surface area contributed by atoms with E-state index in [0.29, 0.717) is 19.4 Å². The molecule has 2 heterocycles. The van der Waals surface area contributed by atoms with Crippen LogP contribution in [0.25, 0.3) is 0 Å². The molecular weight excluding hydrogens is 1150 g/mol. The summed E-state index contributed by atoms with van der Waals surface area (Å²) in [6.45, 7) is 26.1. The fourth-order valence-corrected chi connectivity index (χ4v) is 11.5. The third-order valence-corrected chi connectivity index (χ3v) is 16.9. The summed E-state index contributed by atoms with van der Waals surface area (Å²) in [7, 11) is 8.34. The standard InChI is InChI=1S/C62H112F3N11O12/c1-34(2)27-44-57(83)74(20)51(39(11)12)59(85)75(21)52(53(79)40(13)24-26-76-25-22-23-43(32-76)62(63,64)65)56(82)69-50(42(15)77)58(84)70(16)33-49(78)71(17)45(28-35(3)4)55(81)68-48(31-38(9)10)73(19)47(30-37(7)8)66-41(14)60(86)88-61(87)72(18)46(29-36(5)6)54(80)67-44/h34-48,50-53,66,77,79H,22-33H2,1-21H3,(H,67,80)(H,68,81)(H,69,82)/t40-,41-,42-,43?,44-,45+,46-,47-,48+,50?,51?,52?,53-/m1/s1. The van der Waals surface area contributed by atoms with Gasteiger partial charge in [0.05, 0.1) is 37.0 Å². The van der Waals surface area contributed by atoms with Gasteiger partial charge in [0, 0.05) is 41.8 Å². The molecule has 0 bridgehead atoms. The molecule has 26 heteroatoms. The number of halogens is 3. The zero-order valence-electron chi connectivity index (χ0n) is 56.7. The average molecular weight is 1260 g/mol. The minimum Gasteiger partial charge on any atom is -0.391 e. The Labute approximate surface area is 522 Å². The van der Waals surface area contributed by atoms with E-state index in [1.54, 1.807) is 32.7 Å². The number of aliphatic hydroxyl groups excluding tert-OH is 2. The molecule has 2 rings (SSSR count). The highest BCUT2D eigenvalue weighted by Gasteiger charge is 2.46. The van der Waals surface area contributed by atoms with Gasteiger partial charge in [-0.15, -0.1) is 0 Å². The molecular formula is C62H112F3N11O12. The lowest BCUT2D eigenvalue weighted by Gasteiger charge is -2.41. The van der Waals surface area contributed by atoms with Crippen LogP contribution >= 0.6 is 0 Å². The van der Waals surface area contributed by atoms with Crippen LogP contribution in [-0.4, -0.2) is 239 Å². The van der Waals surface area contributed by atoms with E-state index < -0.39 is 151 Å². The molecule has 508 valence electrons. The van der Waals surface area contributed by atoms with Crippen LogP contribution in [0.1, 0.15) is 155 Å². The number of likely N-dealkylation sites (N-methyl/N-ethyl adjacent to an activating group) is 5. The third kappa shape index (κ3) is 23.6. The molecule has 2 aliphatic heterocycles. The fraction of sp³-hybridized carbons (Fsp3) is 0.855. The van der Waals surface area contributed by atoms with E-state index in [-0.39, 0.29) is 81.2 Å². The Morgan fingerprint density at radius 1 is 0.591 bits per heavy atom. The van der Waals surface area contributed by atoms with Gasteiger partial charge in [0.15, 0.2) is 0 Å². The van der Waals surface area contributed by atoms with E-state index in [9.17, 15) is 56.9 Å². The number of alkyl halides is 3. The molecule has 0 aliphatic carbocycles. The number of aliphatic hydroxyl groups is 2. The summed E-state index contributed by atoms with van der Waals surface area (Å²) in [6.07, 6.45) is -8.79. The molecule has 2 saturated heterocycles. The summed E-state index contributed by atoms with van der Waals surface area (Å²) >= 11 is 0. The molecule has 6 N–H and O–H groups in total. The van der Waals surface area contributed by atoms with Crippen molar-refractivity contribution in [3.63, 3.8) is 0 Å². The van der Waals surface area contributed by atoms with E-state index in [1.165, 1.54) is 54.0 Å². The number of hydrogen-bond acceptors (Lipinski definition) is 15. The number of carbonyl (C=O) groups excluding carboxylic acids is 9. The Morgan fingerprint density at radius 3 is 1.59 bits per heavy atom. The monoisotopic (exact) mass is 1260 g/mol. The van der Waals surface area contributed by atoms with Crippen molar-refractivity contribution in [3.05, 3.63) is 0 Å². The van der Waals surface area contributed by atoms with Gasteiger partial charge >= 0.3 is 18.2 Å². The van der Waals surface area contributed by atoms with E-state index in [2.05, 4.69) is 21.3 Å². The molecule has 2 aliphatic rings. The first-order valence-electron chi connectivity index (χ1n) is 31.6. The molecule has 8 amide bonds. The van der Waals surface area contributed by atoms with Crippen molar-refractivity contribution < 1.29 is 71.3 Å². The Hall–Kier alpha value is -5.18. The fourth-order valence-electron chi connectivity index (χ4n) is 11.5. The summed E-state index contributed by atoms with van der Waals surface area (Å²) in [6, 6.07) is -9.84. The summed E-state index contributed by atoms with van der Waals surface area (Å²) in [5.74, 6) is -10.2. The normalized spacial score (nSPS) is 27.9. The highest BCUT2D eigenvalue weighted by molar-refractivity contribution is 5.98. The van der Waals surface area contributed by atoms with Crippen molar-refractivity contribution in [3.8, 4) is 0 Å². The van der Waals surface area contributed by atoms with Crippen LogP contribution in [0.3, 0.4) is 0 Å². The van der Waals surface area contributed by atoms with E-state index >= 15 is 9.59 Å². The molecule has 2 fully saturated rings.